The van der Waals surface area contributed by atoms with Crippen LogP contribution in [0.15, 0.2) is 6.07 Å². The summed E-state index contributed by atoms with van der Waals surface area (Å²) in [6, 6.07) is 0.0408. The number of carbonyl (C=O) groups excluding carboxylic acids is 2. The van der Waals surface area contributed by atoms with Gasteiger partial charge in [-0.25, -0.2) is 22.0 Å². The molecule has 4 nitrogen and oxygen atoms in total. The maximum Gasteiger partial charge on any atom is 0.316 e. The van der Waals surface area contributed by atoms with Crippen molar-refractivity contribution in [3.05, 3.63) is 58.2 Å². The summed E-state index contributed by atoms with van der Waals surface area (Å²) < 4.78 is 114. The van der Waals surface area contributed by atoms with Crippen molar-refractivity contribution >= 4 is 11.9 Å². The molecule has 0 aliphatic carbocycles. The van der Waals surface area contributed by atoms with E-state index in [0.29, 0.717) is 0 Å². The van der Waals surface area contributed by atoms with Gasteiger partial charge in [0.1, 0.15) is 0 Å². The Hall–Kier alpha value is -3.18. The molecule has 0 saturated heterocycles. The predicted octanol–water partition coefficient (Wildman–Crippen LogP) is 6.70. The topological polar surface area (TPSA) is 52.6 Å². The van der Waals surface area contributed by atoms with E-state index in [1.807, 2.05) is 0 Å². The molecule has 12 heteroatoms. The second-order valence-electron chi connectivity index (χ2n) is 9.29. The molecule has 0 heterocycles. The van der Waals surface area contributed by atoms with Crippen LogP contribution >= 0.6 is 0 Å². The van der Waals surface area contributed by atoms with Crippen molar-refractivity contribution in [2.45, 2.75) is 48.5 Å². The van der Waals surface area contributed by atoms with Gasteiger partial charge in [-0.1, -0.05) is 0 Å². The third-order valence-electron chi connectivity index (χ3n) is 4.13. The fraction of sp³-hybridized carbons (Fsp3) is 0.391. The number of hydrogen-bond acceptors (Lipinski definition) is 4. The van der Waals surface area contributed by atoms with E-state index in [1.165, 1.54) is 41.5 Å². The molecule has 2 aromatic rings. The van der Waals surface area contributed by atoms with E-state index in [-0.39, 0.29) is 6.07 Å². The summed E-state index contributed by atoms with van der Waals surface area (Å²) >= 11 is 0. The number of halogens is 8. The molecule has 0 N–H and O–H groups in total. The summed E-state index contributed by atoms with van der Waals surface area (Å²) in [7, 11) is 0. The molecule has 0 amide bonds. The highest BCUT2D eigenvalue weighted by molar-refractivity contribution is 5.78. The number of esters is 2. The van der Waals surface area contributed by atoms with E-state index >= 15 is 0 Å². The molecule has 35 heavy (non-hydrogen) atoms. The third kappa shape index (κ3) is 6.92. The SMILES string of the molecule is CC(C)(C)C(=O)Oc1c(F)c(F)cc(F)c1F.Cc1c(F)c(F)c(F)c(OC(=O)C(C)(C)C)c1F. The van der Waals surface area contributed by atoms with Gasteiger partial charge in [0.25, 0.3) is 0 Å². The lowest BCUT2D eigenvalue weighted by Gasteiger charge is -2.17. The Labute approximate surface area is 195 Å². The van der Waals surface area contributed by atoms with Crippen molar-refractivity contribution in [2.24, 2.45) is 10.8 Å². The maximum atomic E-state index is 13.5. The first-order valence-corrected chi connectivity index (χ1v) is 9.81. The van der Waals surface area contributed by atoms with Gasteiger partial charge in [0.2, 0.25) is 29.0 Å². The van der Waals surface area contributed by atoms with Crippen LogP contribution in [0.4, 0.5) is 35.1 Å². The molecule has 2 rings (SSSR count). The summed E-state index contributed by atoms with van der Waals surface area (Å²) in [5.74, 6) is -18.0. The van der Waals surface area contributed by atoms with Crippen molar-refractivity contribution in [1.29, 1.82) is 0 Å². The van der Waals surface area contributed by atoms with Gasteiger partial charge in [-0.3, -0.25) is 9.59 Å². The molecule has 0 aliphatic rings. The van der Waals surface area contributed by atoms with Crippen LogP contribution < -0.4 is 9.47 Å². The molecule has 0 saturated carbocycles. The number of hydrogen-bond donors (Lipinski definition) is 0. The van der Waals surface area contributed by atoms with Gasteiger partial charge in [0.05, 0.1) is 10.8 Å². The highest BCUT2D eigenvalue weighted by Gasteiger charge is 2.31. The standard InChI is InChI=1S/C12H12F4O2.C11H10F4O2/c1-5-6(13)8(15)9(16)10(7(5)14)18-11(17)12(2,3)4;1-11(2,3)10(16)17-9-7(14)5(12)4-6(13)8(9)15/h1-4H3;4H,1-3H3. The molecular formula is C23H22F8O4. The van der Waals surface area contributed by atoms with Crippen LogP contribution in [0.2, 0.25) is 0 Å². The van der Waals surface area contributed by atoms with E-state index in [2.05, 4.69) is 9.47 Å². The van der Waals surface area contributed by atoms with Crippen LogP contribution in [0, 0.1) is 64.3 Å². The van der Waals surface area contributed by atoms with Crippen LogP contribution in [-0.2, 0) is 9.59 Å². The van der Waals surface area contributed by atoms with Crippen molar-refractivity contribution < 1.29 is 54.2 Å². The summed E-state index contributed by atoms with van der Waals surface area (Å²) in [4.78, 5) is 22.8. The zero-order valence-corrected chi connectivity index (χ0v) is 19.7. The van der Waals surface area contributed by atoms with Crippen molar-refractivity contribution in [1.82, 2.24) is 0 Å². The lowest BCUT2D eigenvalue weighted by atomic mass is 9.97. The smallest absolute Gasteiger partial charge is 0.316 e. The monoisotopic (exact) mass is 514 g/mol. The van der Waals surface area contributed by atoms with Crippen LogP contribution in [0.1, 0.15) is 47.1 Å². The second kappa shape index (κ2) is 10.6. The van der Waals surface area contributed by atoms with Crippen molar-refractivity contribution in [2.75, 3.05) is 0 Å². The average Bonchev–Trinajstić information content (AvgIpc) is 2.74. The number of ether oxygens (including phenoxy) is 2. The van der Waals surface area contributed by atoms with Gasteiger partial charge in [-0.15, -0.1) is 0 Å². The van der Waals surface area contributed by atoms with Crippen LogP contribution in [0.5, 0.6) is 11.5 Å². The zero-order chi connectivity index (χ0) is 27.6. The van der Waals surface area contributed by atoms with Gasteiger partial charge < -0.3 is 9.47 Å². The fourth-order valence-electron chi connectivity index (χ4n) is 1.95. The molecule has 2 aromatic carbocycles. The first-order valence-electron chi connectivity index (χ1n) is 9.81. The van der Waals surface area contributed by atoms with Crippen molar-refractivity contribution in [3.63, 3.8) is 0 Å². The molecular weight excluding hydrogens is 492 g/mol. The third-order valence-corrected chi connectivity index (χ3v) is 4.13. The summed E-state index contributed by atoms with van der Waals surface area (Å²) in [6.45, 7) is 9.58. The van der Waals surface area contributed by atoms with E-state index < -0.39 is 86.4 Å². The van der Waals surface area contributed by atoms with Crippen LogP contribution in [-0.4, -0.2) is 11.9 Å². The van der Waals surface area contributed by atoms with Gasteiger partial charge >= 0.3 is 11.9 Å². The van der Waals surface area contributed by atoms with E-state index in [4.69, 9.17) is 0 Å². The van der Waals surface area contributed by atoms with E-state index in [9.17, 15) is 44.7 Å². The van der Waals surface area contributed by atoms with Gasteiger partial charge in [0.15, 0.2) is 29.1 Å². The predicted molar refractivity (Wildman–Crippen MR) is 107 cm³/mol. The Morgan fingerprint density at radius 3 is 1.26 bits per heavy atom. The first-order chi connectivity index (χ1) is 15.7. The van der Waals surface area contributed by atoms with E-state index in [0.717, 1.165) is 6.92 Å². The highest BCUT2D eigenvalue weighted by atomic mass is 19.2. The van der Waals surface area contributed by atoms with Crippen LogP contribution in [0.3, 0.4) is 0 Å². The molecule has 0 radical (unpaired) electrons. The second-order valence-corrected chi connectivity index (χ2v) is 9.29. The minimum absolute atomic E-state index is 0.0408. The quantitative estimate of drug-likeness (QED) is 0.147. The molecule has 0 bridgehead atoms. The summed E-state index contributed by atoms with van der Waals surface area (Å²) in [6.07, 6.45) is 0. The van der Waals surface area contributed by atoms with Gasteiger partial charge in [-0.2, -0.15) is 13.2 Å². The zero-order valence-electron chi connectivity index (χ0n) is 19.7. The van der Waals surface area contributed by atoms with Crippen molar-refractivity contribution in [3.8, 4) is 11.5 Å². The Balaban J connectivity index is 0.000000351. The molecule has 0 aliphatic heterocycles. The fourth-order valence-corrected chi connectivity index (χ4v) is 1.95. The number of carbonyl (C=O) groups is 2. The Bertz CT molecular complexity index is 1090. The van der Waals surface area contributed by atoms with Crippen LogP contribution in [0.25, 0.3) is 0 Å². The molecule has 194 valence electrons. The largest absolute Gasteiger partial charge is 0.420 e. The minimum Gasteiger partial charge on any atom is -0.420 e. The molecule has 0 spiro atoms. The Morgan fingerprint density at radius 2 is 0.914 bits per heavy atom. The molecule has 0 aromatic heterocycles. The number of benzene rings is 2. The Kier molecular flexibility index (Phi) is 9.05. The average molecular weight is 514 g/mol. The normalized spacial score (nSPS) is 11.5. The van der Waals surface area contributed by atoms with Gasteiger partial charge in [-0.05, 0) is 48.5 Å². The summed E-state index contributed by atoms with van der Waals surface area (Å²) in [5, 5.41) is 0. The summed E-state index contributed by atoms with van der Waals surface area (Å²) in [5.41, 5.74) is -2.83. The Morgan fingerprint density at radius 1 is 0.571 bits per heavy atom. The highest BCUT2D eigenvalue weighted by Crippen LogP contribution is 2.31. The molecule has 0 unspecified atom stereocenters. The lowest BCUT2D eigenvalue weighted by molar-refractivity contribution is -0.144. The maximum absolute atomic E-state index is 13.5. The first kappa shape index (κ1) is 29.9. The lowest BCUT2D eigenvalue weighted by Crippen LogP contribution is -2.26. The van der Waals surface area contributed by atoms with E-state index in [1.54, 1.807) is 0 Å². The van der Waals surface area contributed by atoms with Gasteiger partial charge in [0, 0.05) is 11.6 Å². The number of rotatable bonds is 2. The minimum atomic E-state index is -1.87. The molecule has 0 fully saturated rings. The molecule has 0 atom stereocenters.